The molecule has 1 aromatic carbocycles. The Kier molecular flexibility index (Phi) is 3.81. The second kappa shape index (κ2) is 5.66. The van der Waals surface area contributed by atoms with Gasteiger partial charge in [0.05, 0.1) is 16.6 Å². The van der Waals surface area contributed by atoms with Crippen LogP contribution in [0.4, 0.5) is 0 Å². The number of ketones is 1. The topological polar surface area (TPSA) is 80.6 Å². The van der Waals surface area contributed by atoms with Crippen LogP contribution in [0.25, 0.3) is 16.7 Å². The maximum atomic E-state index is 12.3. The van der Waals surface area contributed by atoms with Crippen LogP contribution in [-0.2, 0) is 4.79 Å². The molecule has 6 nitrogen and oxygen atoms in total. The quantitative estimate of drug-likeness (QED) is 0.588. The molecule has 2 heterocycles. The highest BCUT2D eigenvalue weighted by Crippen LogP contribution is 2.30. The number of H-pyrrole nitrogens is 1. The van der Waals surface area contributed by atoms with Gasteiger partial charge in [-0.25, -0.2) is 9.67 Å². The van der Waals surface area contributed by atoms with Gasteiger partial charge >= 0.3 is 0 Å². The lowest BCUT2D eigenvalue weighted by Crippen LogP contribution is -2.26. The molecule has 2 aromatic heterocycles. The molecule has 0 saturated carbocycles. The van der Waals surface area contributed by atoms with Crippen molar-refractivity contribution in [1.82, 2.24) is 19.7 Å². The zero-order chi connectivity index (χ0) is 16.6. The second-order valence-corrected chi connectivity index (χ2v) is 7.28. The van der Waals surface area contributed by atoms with E-state index in [-0.39, 0.29) is 11.3 Å². The Hall–Kier alpha value is -2.41. The first-order valence-corrected chi connectivity index (χ1v) is 7.93. The number of para-hydroxylation sites is 1. The summed E-state index contributed by atoms with van der Waals surface area (Å²) in [6.45, 7) is 5.13. The summed E-state index contributed by atoms with van der Waals surface area (Å²) in [6.07, 6.45) is 1.50. The number of thioether (sulfide) groups is 1. The van der Waals surface area contributed by atoms with E-state index in [1.807, 2.05) is 30.3 Å². The van der Waals surface area contributed by atoms with Crippen LogP contribution in [0.15, 0.2) is 46.5 Å². The van der Waals surface area contributed by atoms with Gasteiger partial charge in [0.15, 0.2) is 10.8 Å². The number of Topliss-reactive ketones (excluding diaryl/α,β-unsaturated/α-hetero) is 1. The first-order chi connectivity index (χ1) is 10.9. The zero-order valence-electron chi connectivity index (χ0n) is 13.0. The number of aromatic nitrogens is 4. The molecule has 0 atom stereocenters. The molecule has 0 fully saturated rings. The van der Waals surface area contributed by atoms with Crippen LogP contribution in [0.5, 0.6) is 0 Å². The minimum Gasteiger partial charge on any atom is -0.301 e. The minimum atomic E-state index is -0.665. The molecule has 0 radical (unpaired) electrons. The standard InChI is InChI=1S/C16H16N4O2S/c1-10(21)16(2,3)23-15-18-13-12(14(22)19-15)9-17-20(13)11-7-5-4-6-8-11/h4-9H,1-3H3,(H,18,19,22). The number of fused-ring (bicyclic) bond motifs is 1. The van der Waals surface area contributed by atoms with Gasteiger partial charge in [0.25, 0.3) is 5.56 Å². The van der Waals surface area contributed by atoms with Gasteiger partial charge in [0.2, 0.25) is 0 Å². The Bertz CT molecular complexity index is 928. The number of carbonyl (C=O) groups excluding carboxylic acids is 1. The zero-order valence-corrected chi connectivity index (χ0v) is 13.8. The number of benzene rings is 1. The fraction of sp³-hybridized carbons (Fsp3) is 0.250. The van der Waals surface area contributed by atoms with Crippen molar-refractivity contribution in [2.24, 2.45) is 0 Å². The van der Waals surface area contributed by atoms with Gasteiger partial charge in [-0.3, -0.25) is 9.59 Å². The van der Waals surface area contributed by atoms with Crippen molar-refractivity contribution in [2.75, 3.05) is 0 Å². The third-order valence-electron chi connectivity index (χ3n) is 3.62. The fourth-order valence-electron chi connectivity index (χ4n) is 2.02. The highest BCUT2D eigenvalue weighted by molar-refractivity contribution is 8.01. The van der Waals surface area contributed by atoms with E-state index < -0.39 is 4.75 Å². The van der Waals surface area contributed by atoms with Crippen LogP contribution in [0, 0.1) is 0 Å². The molecular formula is C16H16N4O2S. The first kappa shape index (κ1) is 15.5. The molecule has 23 heavy (non-hydrogen) atoms. The molecule has 0 unspecified atom stereocenters. The van der Waals surface area contributed by atoms with E-state index >= 15 is 0 Å². The molecule has 0 aliphatic heterocycles. The second-order valence-electron chi connectivity index (χ2n) is 5.67. The van der Waals surface area contributed by atoms with Crippen molar-refractivity contribution in [1.29, 1.82) is 0 Å². The summed E-state index contributed by atoms with van der Waals surface area (Å²) >= 11 is 1.23. The third-order valence-corrected chi connectivity index (χ3v) is 4.80. The minimum absolute atomic E-state index is 0.0156. The molecule has 118 valence electrons. The van der Waals surface area contributed by atoms with Crippen molar-refractivity contribution >= 4 is 28.6 Å². The lowest BCUT2D eigenvalue weighted by molar-refractivity contribution is -0.118. The Morgan fingerprint density at radius 3 is 2.61 bits per heavy atom. The van der Waals surface area contributed by atoms with Crippen LogP contribution >= 0.6 is 11.8 Å². The summed E-state index contributed by atoms with van der Waals surface area (Å²) in [4.78, 5) is 31.2. The monoisotopic (exact) mass is 328 g/mol. The van der Waals surface area contributed by atoms with Gasteiger partial charge in [-0.15, -0.1) is 0 Å². The SMILES string of the molecule is CC(=O)C(C)(C)Sc1nc2c(cnn2-c2ccccc2)c(=O)[nH]1. The van der Waals surface area contributed by atoms with Gasteiger partial charge in [0.1, 0.15) is 11.2 Å². The predicted molar refractivity (Wildman–Crippen MR) is 90.1 cm³/mol. The summed E-state index contributed by atoms with van der Waals surface area (Å²) in [5, 5.41) is 5.08. The van der Waals surface area contributed by atoms with Gasteiger partial charge in [-0.05, 0) is 32.9 Å². The van der Waals surface area contributed by atoms with Gasteiger partial charge in [-0.1, -0.05) is 30.0 Å². The van der Waals surface area contributed by atoms with E-state index in [1.54, 1.807) is 18.5 Å². The lowest BCUT2D eigenvalue weighted by Gasteiger charge is -2.19. The van der Waals surface area contributed by atoms with Gasteiger partial charge in [0, 0.05) is 0 Å². The van der Waals surface area contributed by atoms with E-state index in [0.717, 1.165) is 5.69 Å². The Labute approximate surface area is 136 Å². The molecule has 0 aliphatic carbocycles. The van der Waals surface area contributed by atoms with Crippen LogP contribution in [0.3, 0.4) is 0 Å². The maximum Gasteiger partial charge on any atom is 0.262 e. The molecule has 1 N–H and O–H groups in total. The van der Waals surface area contributed by atoms with E-state index in [1.165, 1.54) is 24.9 Å². The number of carbonyl (C=O) groups is 1. The molecule has 7 heteroatoms. The van der Waals surface area contributed by atoms with Crippen molar-refractivity contribution < 1.29 is 4.79 Å². The number of rotatable bonds is 4. The average molecular weight is 328 g/mol. The smallest absolute Gasteiger partial charge is 0.262 e. The molecule has 0 aliphatic rings. The van der Waals surface area contributed by atoms with Crippen LogP contribution in [0.1, 0.15) is 20.8 Å². The van der Waals surface area contributed by atoms with Gasteiger partial charge < -0.3 is 4.98 Å². The lowest BCUT2D eigenvalue weighted by atomic mass is 10.1. The predicted octanol–water partition coefficient (Wildman–Crippen LogP) is 2.57. The van der Waals surface area contributed by atoms with Crippen molar-refractivity contribution in [3.05, 3.63) is 46.9 Å². The van der Waals surface area contributed by atoms with E-state index in [0.29, 0.717) is 16.2 Å². The Morgan fingerprint density at radius 2 is 1.96 bits per heavy atom. The Morgan fingerprint density at radius 1 is 1.26 bits per heavy atom. The summed E-state index contributed by atoms with van der Waals surface area (Å²) in [7, 11) is 0. The van der Waals surface area contributed by atoms with Crippen LogP contribution in [-0.4, -0.2) is 30.3 Å². The Balaban J connectivity index is 2.13. The summed E-state index contributed by atoms with van der Waals surface area (Å²) in [5.41, 5.74) is 1.03. The number of nitrogens with zero attached hydrogens (tertiary/aromatic N) is 3. The molecular weight excluding hydrogens is 312 g/mol. The highest BCUT2D eigenvalue weighted by Gasteiger charge is 2.27. The maximum absolute atomic E-state index is 12.3. The first-order valence-electron chi connectivity index (χ1n) is 7.12. The molecule has 3 aromatic rings. The van der Waals surface area contributed by atoms with E-state index in [4.69, 9.17) is 0 Å². The molecule has 0 spiro atoms. The number of hydrogen-bond acceptors (Lipinski definition) is 5. The largest absolute Gasteiger partial charge is 0.301 e. The third kappa shape index (κ3) is 2.92. The molecule has 0 bridgehead atoms. The van der Waals surface area contributed by atoms with Crippen molar-refractivity contribution in [3.63, 3.8) is 0 Å². The fourth-order valence-corrected chi connectivity index (χ4v) is 2.92. The highest BCUT2D eigenvalue weighted by atomic mass is 32.2. The summed E-state index contributed by atoms with van der Waals surface area (Å²) < 4.78 is 0.955. The average Bonchev–Trinajstić information content (AvgIpc) is 2.92. The van der Waals surface area contributed by atoms with Crippen LogP contribution < -0.4 is 5.56 Å². The summed E-state index contributed by atoms with van der Waals surface area (Å²) in [5.74, 6) is 0.0156. The summed E-state index contributed by atoms with van der Waals surface area (Å²) in [6, 6.07) is 9.48. The van der Waals surface area contributed by atoms with Gasteiger partial charge in [-0.2, -0.15) is 5.10 Å². The van der Waals surface area contributed by atoms with Crippen molar-refractivity contribution in [3.8, 4) is 5.69 Å². The molecule has 3 rings (SSSR count). The number of hydrogen-bond donors (Lipinski definition) is 1. The van der Waals surface area contributed by atoms with E-state index in [2.05, 4.69) is 15.1 Å². The molecule has 0 amide bonds. The van der Waals surface area contributed by atoms with Crippen molar-refractivity contribution in [2.45, 2.75) is 30.7 Å². The number of aromatic amines is 1. The molecule has 0 saturated heterocycles. The van der Waals surface area contributed by atoms with Crippen LogP contribution in [0.2, 0.25) is 0 Å². The van der Waals surface area contributed by atoms with E-state index in [9.17, 15) is 9.59 Å². The normalized spacial score (nSPS) is 11.8. The number of nitrogens with one attached hydrogen (secondary N) is 1.